The highest BCUT2D eigenvalue weighted by Gasteiger charge is 2.60. The zero-order valence-corrected chi connectivity index (χ0v) is 7.13. The minimum absolute atomic E-state index is 0.655. The van der Waals surface area contributed by atoms with Crippen molar-refractivity contribution >= 4 is 0 Å². The molecule has 0 spiro atoms. The monoisotopic (exact) mass is 258 g/mol. The van der Waals surface area contributed by atoms with Gasteiger partial charge in [-0.3, -0.25) is 0 Å². The topological polar surface area (TPSA) is 0 Å². The molecule has 0 saturated carbocycles. The summed E-state index contributed by atoms with van der Waals surface area (Å²) in [6.07, 6.45) is -8.82. The molecule has 0 amide bonds. The average molecular weight is 258 g/mol. The maximum absolute atomic E-state index is 12.4. The highest BCUT2D eigenvalue weighted by atomic mass is 19.3. The van der Waals surface area contributed by atoms with E-state index in [2.05, 4.69) is 0 Å². The van der Waals surface area contributed by atoms with Crippen molar-refractivity contribution in [2.45, 2.75) is 18.3 Å². The first-order chi connectivity index (χ1) is 7.02. The van der Waals surface area contributed by atoms with E-state index in [1.807, 2.05) is 0 Å². The molecule has 0 aromatic carbocycles. The highest BCUT2D eigenvalue weighted by molar-refractivity contribution is 5.17. The zero-order valence-electron chi connectivity index (χ0n) is 7.13. The molecule has 0 heterocycles. The second kappa shape index (κ2) is 4.79. The summed E-state index contributed by atoms with van der Waals surface area (Å²) in [6.45, 7) is 0. The van der Waals surface area contributed by atoms with Gasteiger partial charge >= 0.3 is 17.9 Å². The summed E-state index contributed by atoms with van der Waals surface area (Å²) in [5.41, 5.74) is 0. The molecule has 0 atom stereocenters. The van der Waals surface area contributed by atoms with Crippen LogP contribution in [0.1, 0.15) is 0 Å². The van der Waals surface area contributed by atoms with E-state index < -0.39 is 42.3 Å². The van der Waals surface area contributed by atoms with E-state index in [4.69, 9.17) is 0 Å². The molecule has 0 rings (SSSR count). The minimum atomic E-state index is -5.88. The van der Waals surface area contributed by atoms with Gasteiger partial charge in [-0.2, -0.15) is 30.7 Å². The molecule has 0 fully saturated rings. The number of rotatable bonds is 4. The van der Waals surface area contributed by atoms with Crippen molar-refractivity contribution in [1.82, 2.24) is 0 Å². The predicted octanol–water partition coefficient (Wildman–Crippen LogP) is 4.16. The third kappa shape index (κ3) is 3.17. The standard InChI is InChI=1S/C7H3F9/c8-3(9)1-2-6(13,14)7(15,16)4(10)5(11)12/h1-3H. The van der Waals surface area contributed by atoms with E-state index in [1.165, 1.54) is 0 Å². The van der Waals surface area contributed by atoms with Gasteiger partial charge in [0.15, 0.2) is 0 Å². The van der Waals surface area contributed by atoms with E-state index in [1.54, 1.807) is 0 Å². The van der Waals surface area contributed by atoms with Crippen molar-refractivity contribution < 1.29 is 39.5 Å². The second-order valence-electron chi connectivity index (χ2n) is 2.47. The van der Waals surface area contributed by atoms with Crippen LogP contribution in [-0.2, 0) is 0 Å². The van der Waals surface area contributed by atoms with Crippen LogP contribution in [0, 0.1) is 0 Å². The van der Waals surface area contributed by atoms with E-state index in [0.29, 0.717) is 0 Å². The summed E-state index contributed by atoms with van der Waals surface area (Å²) in [7, 11) is 0. The Balaban J connectivity index is 5.22. The SMILES string of the molecule is FC(F)=C(F)C(F)(F)C(F)(F)C=CC(F)F. The van der Waals surface area contributed by atoms with Gasteiger partial charge in [-0.25, -0.2) is 8.78 Å². The molecule has 0 aliphatic rings. The number of alkyl halides is 6. The lowest BCUT2D eigenvalue weighted by Gasteiger charge is -2.21. The van der Waals surface area contributed by atoms with Crippen LogP contribution in [0.4, 0.5) is 39.5 Å². The fourth-order valence-corrected chi connectivity index (χ4v) is 0.563. The van der Waals surface area contributed by atoms with E-state index in [-0.39, 0.29) is 0 Å². The quantitative estimate of drug-likeness (QED) is 0.524. The van der Waals surface area contributed by atoms with E-state index >= 15 is 0 Å². The molecule has 0 aromatic rings. The Bertz CT molecular complexity index is 297. The van der Waals surface area contributed by atoms with Gasteiger partial charge in [0.05, 0.1) is 0 Å². The maximum atomic E-state index is 12.4. The van der Waals surface area contributed by atoms with Crippen LogP contribution >= 0.6 is 0 Å². The minimum Gasteiger partial charge on any atom is -0.206 e. The lowest BCUT2D eigenvalue weighted by Crippen LogP contribution is -2.39. The lowest BCUT2D eigenvalue weighted by atomic mass is 10.1. The first-order valence-corrected chi connectivity index (χ1v) is 3.46. The molecular weight excluding hydrogens is 255 g/mol. The lowest BCUT2D eigenvalue weighted by molar-refractivity contribution is -0.167. The van der Waals surface area contributed by atoms with Crippen LogP contribution in [0.25, 0.3) is 0 Å². The van der Waals surface area contributed by atoms with Crippen molar-refractivity contribution in [3.05, 3.63) is 24.1 Å². The number of hydrogen-bond donors (Lipinski definition) is 0. The van der Waals surface area contributed by atoms with Crippen LogP contribution in [0.3, 0.4) is 0 Å². The molecule has 0 unspecified atom stereocenters. The molecule has 0 nitrogen and oxygen atoms in total. The Morgan fingerprint density at radius 1 is 0.938 bits per heavy atom. The Hall–Kier alpha value is -1.15. The van der Waals surface area contributed by atoms with Crippen LogP contribution in [0.2, 0.25) is 0 Å². The molecule has 0 N–H and O–H groups in total. The average Bonchev–Trinajstić information content (AvgIpc) is 2.13. The van der Waals surface area contributed by atoms with Crippen molar-refractivity contribution in [3.8, 4) is 0 Å². The van der Waals surface area contributed by atoms with E-state index in [0.717, 1.165) is 0 Å². The highest BCUT2D eigenvalue weighted by Crippen LogP contribution is 2.43. The number of halogens is 9. The second-order valence-corrected chi connectivity index (χ2v) is 2.47. The van der Waals surface area contributed by atoms with Crippen LogP contribution in [-0.4, -0.2) is 18.3 Å². The largest absolute Gasteiger partial charge is 0.369 e. The van der Waals surface area contributed by atoms with Gasteiger partial charge in [-0.1, -0.05) is 0 Å². The van der Waals surface area contributed by atoms with Crippen molar-refractivity contribution in [1.29, 1.82) is 0 Å². The van der Waals surface area contributed by atoms with Gasteiger partial charge in [0.25, 0.3) is 6.43 Å². The Labute approximate surface area is 83.0 Å². The molecular formula is C7H3F9. The summed E-state index contributed by atoms with van der Waals surface area (Å²) >= 11 is 0. The first-order valence-electron chi connectivity index (χ1n) is 3.46. The maximum Gasteiger partial charge on any atom is 0.369 e. The van der Waals surface area contributed by atoms with Gasteiger partial charge in [0.2, 0.25) is 5.83 Å². The molecule has 94 valence electrons. The molecule has 0 radical (unpaired) electrons. The fourth-order valence-electron chi connectivity index (χ4n) is 0.563. The molecule has 0 saturated heterocycles. The Morgan fingerprint density at radius 2 is 1.38 bits per heavy atom. The van der Waals surface area contributed by atoms with Gasteiger partial charge < -0.3 is 0 Å². The van der Waals surface area contributed by atoms with Gasteiger partial charge in [-0.05, 0) is 12.2 Å². The van der Waals surface area contributed by atoms with Gasteiger partial charge in [-0.15, -0.1) is 0 Å². The molecule has 16 heavy (non-hydrogen) atoms. The summed E-state index contributed by atoms with van der Waals surface area (Å²) in [5.74, 6) is -15.0. The molecule has 0 aromatic heterocycles. The van der Waals surface area contributed by atoms with Crippen LogP contribution < -0.4 is 0 Å². The fraction of sp³-hybridized carbons (Fsp3) is 0.429. The molecule has 9 heteroatoms. The predicted molar refractivity (Wildman–Crippen MR) is 35.4 cm³/mol. The number of allylic oxidation sites excluding steroid dienone is 3. The van der Waals surface area contributed by atoms with Crippen molar-refractivity contribution in [2.75, 3.05) is 0 Å². The summed E-state index contributed by atoms with van der Waals surface area (Å²) in [4.78, 5) is 0. The van der Waals surface area contributed by atoms with Crippen molar-refractivity contribution in [3.63, 3.8) is 0 Å². The third-order valence-corrected chi connectivity index (χ3v) is 1.31. The van der Waals surface area contributed by atoms with Crippen LogP contribution in [0.5, 0.6) is 0 Å². The number of hydrogen-bond acceptors (Lipinski definition) is 0. The van der Waals surface area contributed by atoms with Crippen LogP contribution in [0.15, 0.2) is 24.1 Å². The Morgan fingerprint density at radius 3 is 1.69 bits per heavy atom. The normalized spacial score (nSPS) is 13.6. The third-order valence-electron chi connectivity index (χ3n) is 1.31. The smallest absolute Gasteiger partial charge is 0.206 e. The Kier molecular flexibility index (Phi) is 4.45. The summed E-state index contributed by atoms with van der Waals surface area (Å²) in [6, 6.07) is 0. The summed E-state index contributed by atoms with van der Waals surface area (Å²) < 4.78 is 107. The first kappa shape index (κ1) is 14.8. The summed E-state index contributed by atoms with van der Waals surface area (Å²) in [5, 5.41) is 0. The molecule has 0 aliphatic carbocycles. The van der Waals surface area contributed by atoms with E-state index in [9.17, 15) is 39.5 Å². The van der Waals surface area contributed by atoms with Crippen molar-refractivity contribution in [2.24, 2.45) is 0 Å². The van der Waals surface area contributed by atoms with Gasteiger partial charge in [0.1, 0.15) is 0 Å². The molecule has 0 aliphatic heterocycles. The molecule has 0 bridgehead atoms. The zero-order chi connectivity index (χ0) is 13.1. The van der Waals surface area contributed by atoms with Gasteiger partial charge in [0, 0.05) is 0 Å².